The molecule has 1 unspecified atom stereocenters. The molecule has 0 aromatic rings. The van der Waals surface area contributed by atoms with Crippen LogP contribution in [-0.2, 0) is 4.79 Å². The van der Waals surface area contributed by atoms with Gasteiger partial charge in [0, 0.05) is 18.3 Å². The highest BCUT2D eigenvalue weighted by atomic mass is 35.5. The third kappa shape index (κ3) is 6.03. The number of halogens is 1. The van der Waals surface area contributed by atoms with Crippen LogP contribution in [0, 0.1) is 23.2 Å². The highest BCUT2D eigenvalue weighted by Crippen LogP contribution is 2.39. The van der Waals surface area contributed by atoms with Gasteiger partial charge in [-0.3, -0.25) is 4.79 Å². The van der Waals surface area contributed by atoms with Gasteiger partial charge in [-0.25, -0.2) is 0 Å². The Balaban J connectivity index is 2.19. The van der Waals surface area contributed by atoms with Crippen molar-refractivity contribution in [2.45, 2.75) is 66.2 Å². The van der Waals surface area contributed by atoms with Gasteiger partial charge in [-0.05, 0) is 55.8 Å². The number of nitrogens with one attached hydrogen (secondary N) is 1. The van der Waals surface area contributed by atoms with Gasteiger partial charge in [0.15, 0.2) is 0 Å². The molecule has 20 heavy (non-hydrogen) atoms. The first-order valence-corrected chi connectivity index (χ1v) is 8.71. The van der Waals surface area contributed by atoms with Crippen LogP contribution in [0.5, 0.6) is 0 Å². The maximum atomic E-state index is 12.1. The lowest BCUT2D eigenvalue weighted by Gasteiger charge is -2.36. The van der Waals surface area contributed by atoms with Crippen LogP contribution in [0.3, 0.4) is 0 Å². The Hall–Kier alpha value is -0.240. The fourth-order valence-corrected chi connectivity index (χ4v) is 3.26. The van der Waals surface area contributed by atoms with E-state index in [0.717, 1.165) is 38.1 Å². The summed E-state index contributed by atoms with van der Waals surface area (Å²) in [6.07, 6.45) is 6.66. The van der Waals surface area contributed by atoms with E-state index in [2.05, 4.69) is 33.0 Å². The number of carbonyl (C=O) groups is 1. The SMILES string of the molecule is CC(CCl)CCCNC(=O)C1CCC(C(C)(C)C)CC1. The van der Waals surface area contributed by atoms with Crippen LogP contribution in [0.15, 0.2) is 0 Å². The largest absolute Gasteiger partial charge is 0.356 e. The van der Waals surface area contributed by atoms with Crippen LogP contribution in [0.4, 0.5) is 0 Å². The molecule has 118 valence electrons. The van der Waals surface area contributed by atoms with Gasteiger partial charge in [-0.1, -0.05) is 27.7 Å². The number of rotatable bonds is 6. The Labute approximate surface area is 130 Å². The number of alkyl halides is 1. The molecule has 1 saturated carbocycles. The zero-order valence-corrected chi connectivity index (χ0v) is 14.4. The summed E-state index contributed by atoms with van der Waals surface area (Å²) in [6, 6.07) is 0. The van der Waals surface area contributed by atoms with Crippen LogP contribution in [0.2, 0.25) is 0 Å². The summed E-state index contributed by atoms with van der Waals surface area (Å²) in [5.41, 5.74) is 0.388. The van der Waals surface area contributed by atoms with E-state index in [0.29, 0.717) is 17.2 Å². The molecule has 0 aromatic carbocycles. The first-order valence-electron chi connectivity index (χ1n) is 8.18. The van der Waals surface area contributed by atoms with E-state index < -0.39 is 0 Å². The van der Waals surface area contributed by atoms with E-state index >= 15 is 0 Å². The van der Waals surface area contributed by atoms with Gasteiger partial charge < -0.3 is 5.32 Å². The minimum absolute atomic E-state index is 0.249. The molecule has 1 atom stereocenters. The van der Waals surface area contributed by atoms with E-state index in [1.165, 1.54) is 12.8 Å². The molecule has 0 bridgehead atoms. The second-order valence-electron chi connectivity index (χ2n) is 7.61. The van der Waals surface area contributed by atoms with Gasteiger partial charge in [0.1, 0.15) is 0 Å². The average molecular weight is 302 g/mol. The lowest BCUT2D eigenvalue weighted by atomic mass is 9.69. The predicted octanol–water partition coefficient (Wildman–Crippen LogP) is 4.61. The smallest absolute Gasteiger partial charge is 0.223 e. The molecule has 0 spiro atoms. The molecule has 0 aliphatic heterocycles. The summed E-state index contributed by atoms with van der Waals surface area (Å²) < 4.78 is 0. The standard InChI is InChI=1S/C17H32ClNO/c1-13(12-18)6-5-11-19-16(20)14-7-9-15(10-8-14)17(2,3)4/h13-15H,5-12H2,1-4H3,(H,19,20). The van der Waals surface area contributed by atoms with Crippen LogP contribution in [0.1, 0.15) is 66.2 Å². The highest BCUT2D eigenvalue weighted by Gasteiger charge is 2.32. The van der Waals surface area contributed by atoms with Crippen molar-refractivity contribution in [2.75, 3.05) is 12.4 Å². The number of carbonyl (C=O) groups excluding carboxylic acids is 1. The second kappa shape index (κ2) is 8.26. The van der Waals surface area contributed by atoms with Crippen molar-refractivity contribution in [3.63, 3.8) is 0 Å². The minimum atomic E-state index is 0.249. The second-order valence-corrected chi connectivity index (χ2v) is 7.92. The van der Waals surface area contributed by atoms with Crippen LogP contribution >= 0.6 is 11.6 Å². The summed E-state index contributed by atoms with van der Waals surface area (Å²) in [5, 5.41) is 3.10. The molecule has 1 rings (SSSR count). The summed E-state index contributed by atoms with van der Waals surface area (Å²) in [4.78, 5) is 12.1. The molecule has 1 amide bonds. The molecule has 0 aromatic heterocycles. The maximum Gasteiger partial charge on any atom is 0.223 e. The summed E-state index contributed by atoms with van der Waals surface area (Å²) in [6.45, 7) is 9.91. The Bertz CT molecular complexity index is 290. The van der Waals surface area contributed by atoms with Gasteiger partial charge in [-0.15, -0.1) is 11.6 Å². The summed E-state index contributed by atoms with van der Waals surface area (Å²) in [5.74, 6) is 2.56. The molecule has 1 aliphatic rings. The third-order valence-electron chi connectivity index (χ3n) is 4.76. The molecule has 2 nitrogen and oxygen atoms in total. The van der Waals surface area contributed by atoms with Gasteiger partial charge in [-0.2, -0.15) is 0 Å². The van der Waals surface area contributed by atoms with Crippen molar-refractivity contribution in [1.82, 2.24) is 5.32 Å². The number of hydrogen-bond donors (Lipinski definition) is 1. The lowest BCUT2D eigenvalue weighted by Crippen LogP contribution is -2.35. The van der Waals surface area contributed by atoms with E-state index in [1.54, 1.807) is 0 Å². The van der Waals surface area contributed by atoms with Gasteiger partial charge in [0.25, 0.3) is 0 Å². The molecule has 3 heteroatoms. The molecule has 1 fully saturated rings. The van der Waals surface area contributed by atoms with Crippen molar-refractivity contribution in [3.05, 3.63) is 0 Å². The number of hydrogen-bond acceptors (Lipinski definition) is 1. The Morgan fingerprint density at radius 3 is 2.35 bits per heavy atom. The molecule has 0 radical (unpaired) electrons. The predicted molar refractivity (Wildman–Crippen MR) is 87.0 cm³/mol. The van der Waals surface area contributed by atoms with Crippen molar-refractivity contribution in [1.29, 1.82) is 0 Å². The van der Waals surface area contributed by atoms with E-state index in [1.807, 2.05) is 0 Å². The average Bonchev–Trinajstić information content (AvgIpc) is 2.42. The molecular formula is C17H32ClNO. The zero-order chi connectivity index (χ0) is 15.2. The fourth-order valence-electron chi connectivity index (χ4n) is 3.11. The summed E-state index contributed by atoms with van der Waals surface area (Å²) in [7, 11) is 0. The quantitative estimate of drug-likeness (QED) is 0.563. The van der Waals surface area contributed by atoms with E-state index in [9.17, 15) is 4.79 Å². The lowest BCUT2D eigenvalue weighted by molar-refractivity contribution is -0.126. The Morgan fingerprint density at radius 1 is 1.25 bits per heavy atom. The molecule has 1 aliphatic carbocycles. The fraction of sp³-hybridized carbons (Fsp3) is 0.941. The van der Waals surface area contributed by atoms with Gasteiger partial charge in [0.05, 0.1) is 0 Å². The maximum absolute atomic E-state index is 12.1. The molecular weight excluding hydrogens is 270 g/mol. The minimum Gasteiger partial charge on any atom is -0.356 e. The van der Waals surface area contributed by atoms with E-state index in [-0.39, 0.29) is 11.8 Å². The number of amides is 1. The topological polar surface area (TPSA) is 29.1 Å². The molecule has 0 heterocycles. The van der Waals surface area contributed by atoms with Crippen molar-refractivity contribution in [2.24, 2.45) is 23.2 Å². The zero-order valence-electron chi connectivity index (χ0n) is 13.7. The Kier molecular flexibility index (Phi) is 7.36. The first-order chi connectivity index (χ1) is 9.34. The highest BCUT2D eigenvalue weighted by molar-refractivity contribution is 6.18. The molecule has 1 N–H and O–H groups in total. The summed E-state index contributed by atoms with van der Waals surface area (Å²) >= 11 is 5.78. The monoisotopic (exact) mass is 301 g/mol. The first kappa shape index (κ1) is 17.8. The molecule has 0 saturated heterocycles. The van der Waals surface area contributed by atoms with Crippen molar-refractivity contribution in [3.8, 4) is 0 Å². The van der Waals surface area contributed by atoms with Gasteiger partial charge >= 0.3 is 0 Å². The normalized spacial score (nSPS) is 25.2. The van der Waals surface area contributed by atoms with Crippen LogP contribution < -0.4 is 5.32 Å². The van der Waals surface area contributed by atoms with Crippen LogP contribution in [-0.4, -0.2) is 18.3 Å². The van der Waals surface area contributed by atoms with E-state index in [4.69, 9.17) is 11.6 Å². The third-order valence-corrected chi connectivity index (χ3v) is 5.29. The van der Waals surface area contributed by atoms with Crippen molar-refractivity contribution < 1.29 is 4.79 Å². The van der Waals surface area contributed by atoms with Gasteiger partial charge in [0.2, 0.25) is 5.91 Å². The van der Waals surface area contributed by atoms with Crippen molar-refractivity contribution >= 4 is 17.5 Å². The van der Waals surface area contributed by atoms with Crippen LogP contribution in [0.25, 0.3) is 0 Å². The Morgan fingerprint density at radius 2 is 1.85 bits per heavy atom.